The van der Waals surface area contributed by atoms with Crippen LogP contribution in [0.1, 0.15) is 15.9 Å². The maximum absolute atomic E-state index is 12.1. The van der Waals surface area contributed by atoms with Gasteiger partial charge >= 0.3 is 0 Å². The molecule has 1 saturated heterocycles. The predicted octanol–water partition coefficient (Wildman–Crippen LogP) is 1.03. The Hall–Kier alpha value is -3.18. The van der Waals surface area contributed by atoms with Crippen LogP contribution in [0, 0.1) is 11.3 Å². The van der Waals surface area contributed by atoms with Crippen LogP contribution in [-0.4, -0.2) is 55.3 Å². The second kappa shape index (κ2) is 8.78. The first-order valence-corrected chi connectivity index (χ1v) is 8.43. The maximum Gasteiger partial charge on any atom is 0.251 e. The van der Waals surface area contributed by atoms with E-state index in [1.165, 1.54) is 6.33 Å². The Morgan fingerprint density at radius 1 is 1.19 bits per heavy atom. The smallest absolute Gasteiger partial charge is 0.251 e. The summed E-state index contributed by atoms with van der Waals surface area (Å²) in [7, 11) is 0. The molecule has 8 nitrogen and oxygen atoms in total. The van der Waals surface area contributed by atoms with Crippen molar-refractivity contribution in [3.63, 3.8) is 0 Å². The Morgan fingerprint density at radius 3 is 2.69 bits per heavy atom. The Morgan fingerprint density at radius 2 is 1.96 bits per heavy atom. The lowest BCUT2D eigenvalue weighted by molar-refractivity contribution is 0.0955. The molecule has 0 atom stereocenters. The first-order valence-electron chi connectivity index (χ1n) is 8.43. The Bertz CT molecular complexity index is 781. The molecule has 2 aromatic rings. The zero-order valence-electron chi connectivity index (χ0n) is 14.3. The number of carbonyl (C=O) groups is 1. The van der Waals surface area contributed by atoms with Gasteiger partial charge in [-0.05, 0) is 24.3 Å². The Kier molecular flexibility index (Phi) is 5.96. The quantitative estimate of drug-likeness (QED) is 0.748. The van der Waals surface area contributed by atoms with E-state index in [0.29, 0.717) is 43.2 Å². The van der Waals surface area contributed by atoms with E-state index in [-0.39, 0.29) is 5.91 Å². The van der Waals surface area contributed by atoms with Gasteiger partial charge in [-0.1, -0.05) is 0 Å². The lowest BCUT2D eigenvalue weighted by atomic mass is 10.1. The Balaban J connectivity index is 1.45. The van der Waals surface area contributed by atoms with Crippen LogP contribution in [0.25, 0.3) is 0 Å². The minimum atomic E-state index is -0.173. The monoisotopic (exact) mass is 352 g/mol. The standard InChI is InChI=1S/C18H20N6O2/c19-12-14-1-3-15(4-2-14)18(25)21-6-5-20-16-11-17(23-13-22-16)24-7-9-26-10-8-24/h1-4,11,13H,5-10H2,(H,21,25)(H,20,22,23). The van der Waals surface area contributed by atoms with E-state index in [1.54, 1.807) is 24.3 Å². The summed E-state index contributed by atoms with van der Waals surface area (Å²) in [6, 6.07) is 10.5. The highest BCUT2D eigenvalue weighted by atomic mass is 16.5. The van der Waals surface area contributed by atoms with Gasteiger partial charge in [0.2, 0.25) is 0 Å². The average molecular weight is 352 g/mol. The molecule has 8 heteroatoms. The van der Waals surface area contributed by atoms with E-state index in [9.17, 15) is 4.79 Å². The minimum Gasteiger partial charge on any atom is -0.378 e. The lowest BCUT2D eigenvalue weighted by Crippen LogP contribution is -2.36. The zero-order valence-corrected chi connectivity index (χ0v) is 14.3. The molecule has 2 N–H and O–H groups in total. The molecule has 2 heterocycles. The third-order valence-corrected chi connectivity index (χ3v) is 3.98. The number of ether oxygens (including phenoxy) is 1. The van der Waals surface area contributed by atoms with Crippen molar-refractivity contribution >= 4 is 17.5 Å². The highest BCUT2D eigenvalue weighted by Gasteiger charge is 2.13. The first kappa shape index (κ1) is 17.6. The first-order chi connectivity index (χ1) is 12.8. The lowest BCUT2D eigenvalue weighted by Gasteiger charge is -2.27. The van der Waals surface area contributed by atoms with Crippen LogP contribution >= 0.6 is 0 Å². The molecule has 0 unspecified atom stereocenters. The predicted molar refractivity (Wildman–Crippen MR) is 97.0 cm³/mol. The third-order valence-electron chi connectivity index (χ3n) is 3.98. The third kappa shape index (κ3) is 4.68. The van der Waals surface area contributed by atoms with E-state index < -0.39 is 0 Å². The number of benzene rings is 1. The van der Waals surface area contributed by atoms with Gasteiger partial charge in [0.05, 0.1) is 24.8 Å². The molecule has 1 aromatic heterocycles. The van der Waals surface area contributed by atoms with Crippen LogP contribution in [0.4, 0.5) is 11.6 Å². The fourth-order valence-corrected chi connectivity index (χ4v) is 2.57. The molecule has 0 bridgehead atoms. The second-order valence-corrected chi connectivity index (χ2v) is 5.73. The molecular formula is C18H20N6O2. The molecule has 1 aliphatic rings. The van der Waals surface area contributed by atoms with Crippen molar-refractivity contribution in [1.82, 2.24) is 15.3 Å². The molecular weight excluding hydrogens is 332 g/mol. The number of morpholine rings is 1. The maximum atomic E-state index is 12.1. The molecule has 0 saturated carbocycles. The zero-order chi connectivity index (χ0) is 18.2. The number of nitrogens with zero attached hydrogens (tertiary/aromatic N) is 4. The molecule has 1 aliphatic heterocycles. The average Bonchev–Trinajstić information content (AvgIpc) is 2.72. The van der Waals surface area contributed by atoms with Gasteiger partial charge in [-0.25, -0.2) is 9.97 Å². The van der Waals surface area contributed by atoms with E-state index in [2.05, 4.69) is 25.5 Å². The van der Waals surface area contributed by atoms with Crippen LogP contribution in [0.3, 0.4) is 0 Å². The van der Waals surface area contributed by atoms with Crippen LogP contribution in [0.5, 0.6) is 0 Å². The largest absolute Gasteiger partial charge is 0.378 e. The SMILES string of the molecule is N#Cc1ccc(C(=O)NCCNc2cc(N3CCOCC3)ncn2)cc1. The van der Waals surface area contributed by atoms with Crippen molar-refractivity contribution in [2.24, 2.45) is 0 Å². The van der Waals surface area contributed by atoms with Gasteiger partial charge < -0.3 is 20.3 Å². The highest BCUT2D eigenvalue weighted by molar-refractivity contribution is 5.94. The van der Waals surface area contributed by atoms with Gasteiger partial charge in [0.15, 0.2) is 0 Å². The molecule has 0 spiro atoms. The number of amides is 1. The molecule has 134 valence electrons. The molecule has 0 aliphatic carbocycles. The van der Waals surface area contributed by atoms with Crippen LogP contribution < -0.4 is 15.5 Å². The van der Waals surface area contributed by atoms with Crippen molar-refractivity contribution in [3.8, 4) is 6.07 Å². The number of anilines is 2. The van der Waals surface area contributed by atoms with Crippen molar-refractivity contribution < 1.29 is 9.53 Å². The summed E-state index contributed by atoms with van der Waals surface area (Å²) in [5.74, 6) is 1.41. The van der Waals surface area contributed by atoms with Gasteiger partial charge in [0, 0.05) is 37.8 Å². The van der Waals surface area contributed by atoms with Crippen molar-refractivity contribution in [2.45, 2.75) is 0 Å². The van der Waals surface area contributed by atoms with Crippen LogP contribution in [0.2, 0.25) is 0 Å². The van der Waals surface area contributed by atoms with Gasteiger partial charge in [-0.2, -0.15) is 5.26 Å². The summed E-state index contributed by atoms with van der Waals surface area (Å²) in [5, 5.41) is 14.8. The van der Waals surface area contributed by atoms with Gasteiger partial charge in [0.25, 0.3) is 5.91 Å². The van der Waals surface area contributed by atoms with Gasteiger partial charge in [0.1, 0.15) is 18.0 Å². The molecule has 1 fully saturated rings. The fourth-order valence-electron chi connectivity index (χ4n) is 2.57. The van der Waals surface area contributed by atoms with Crippen LogP contribution in [0.15, 0.2) is 36.7 Å². The topological polar surface area (TPSA) is 103 Å². The normalized spacial score (nSPS) is 13.7. The number of hydrogen-bond acceptors (Lipinski definition) is 7. The summed E-state index contributed by atoms with van der Waals surface area (Å²) >= 11 is 0. The van der Waals surface area contributed by atoms with E-state index in [0.717, 1.165) is 18.9 Å². The number of nitrogens with one attached hydrogen (secondary N) is 2. The van der Waals surface area contributed by atoms with Crippen molar-refractivity contribution in [3.05, 3.63) is 47.8 Å². The van der Waals surface area contributed by atoms with E-state index in [4.69, 9.17) is 10.00 Å². The second-order valence-electron chi connectivity index (χ2n) is 5.73. The summed E-state index contributed by atoms with van der Waals surface area (Å²) in [5.41, 5.74) is 1.06. The number of aromatic nitrogens is 2. The summed E-state index contributed by atoms with van der Waals surface area (Å²) in [6.45, 7) is 4.04. The van der Waals surface area contributed by atoms with E-state index in [1.807, 2.05) is 12.1 Å². The highest BCUT2D eigenvalue weighted by Crippen LogP contribution is 2.15. The van der Waals surface area contributed by atoms with E-state index >= 15 is 0 Å². The molecule has 3 rings (SSSR count). The summed E-state index contributed by atoms with van der Waals surface area (Å²) in [4.78, 5) is 22.7. The van der Waals surface area contributed by atoms with Gasteiger partial charge in [-0.3, -0.25) is 4.79 Å². The number of nitriles is 1. The summed E-state index contributed by atoms with van der Waals surface area (Å²) < 4.78 is 5.35. The number of carbonyl (C=O) groups excluding carboxylic acids is 1. The number of rotatable bonds is 6. The Labute approximate surface area is 151 Å². The van der Waals surface area contributed by atoms with Crippen molar-refractivity contribution in [2.75, 3.05) is 49.6 Å². The summed E-state index contributed by atoms with van der Waals surface area (Å²) in [6.07, 6.45) is 1.53. The number of hydrogen-bond donors (Lipinski definition) is 2. The molecule has 26 heavy (non-hydrogen) atoms. The molecule has 0 radical (unpaired) electrons. The fraction of sp³-hybridized carbons (Fsp3) is 0.333. The van der Waals surface area contributed by atoms with Gasteiger partial charge in [-0.15, -0.1) is 0 Å². The molecule has 1 amide bonds. The molecule has 1 aromatic carbocycles. The minimum absolute atomic E-state index is 0.173. The van der Waals surface area contributed by atoms with Crippen molar-refractivity contribution in [1.29, 1.82) is 5.26 Å². The van der Waals surface area contributed by atoms with Crippen LogP contribution in [-0.2, 0) is 4.74 Å².